The van der Waals surface area contributed by atoms with Crippen LogP contribution in [0.2, 0.25) is 0 Å². The molecular weight excluding hydrogens is 283 g/mol. The van der Waals surface area contributed by atoms with Crippen molar-refractivity contribution in [3.05, 3.63) is 53.6 Å². The molecule has 2 N–H and O–H groups in total. The molecule has 0 aliphatic heterocycles. The summed E-state index contributed by atoms with van der Waals surface area (Å²) in [6.07, 6.45) is -4.53. The summed E-state index contributed by atoms with van der Waals surface area (Å²) in [6, 6.07) is 10.1. The maximum absolute atomic E-state index is 13.0. The van der Waals surface area contributed by atoms with Crippen LogP contribution in [-0.4, -0.2) is 7.11 Å². The van der Waals surface area contributed by atoms with Gasteiger partial charge in [0.25, 0.3) is 0 Å². The molecule has 0 fully saturated rings. The predicted octanol–water partition coefficient (Wildman–Crippen LogP) is 4.23. The molecule has 0 amide bonds. The van der Waals surface area contributed by atoms with E-state index in [1.807, 2.05) is 0 Å². The van der Waals surface area contributed by atoms with E-state index in [2.05, 4.69) is 0 Å². The summed E-state index contributed by atoms with van der Waals surface area (Å²) in [5, 5.41) is 0. The summed E-state index contributed by atoms with van der Waals surface area (Å²) < 4.78 is 49.2. The predicted molar refractivity (Wildman–Crippen MR) is 73.1 cm³/mol. The van der Waals surface area contributed by atoms with Crippen LogP contribution in [-0.2, 0) is 17.5 Å². The smallest absolute Gasteiger partial charge is 0.420 e. The highest BCUT2D eigenvalue weighted by Crippen LogP contribution is 2.39. The van der Waals surface area contributed by atoms with Crippen molar-refractivity contribution in [2.75, 3.05) is 12.8 Å². The van der Waals surface area contributed by atoms with E-state index in [1.165, 1.54) is 19.2 Å². The van der Waals surface area contributed by atoms with Crippen molar-refractivity contribution in [1.82, 2.24) is 0 Å². The molecular formula is C15H14F3NO2. The molecule has 0 radical (unpaired) electrons. The number of benzene rings is 2. The van der Waals surface area contributed by atoms with Crippen LogP contribution in [0, 0.1) is 0 Å². The average molecular weight is 297 g/mol. The zero-order chi connectivity index (χ0) is 15.5. The summed E-state index contributed by atoms with van der Waals surface area (Å²) in [4.78, 5) is 0. The largest absolute Gasteiger partial charge is 0.457 e. The Morgan fingerprint density at radius 1 is 1.10 bits per heavy atom. The fraction of sp³-hybridized carbons (Fsp3) is 0.200. The summed E-state index contributed by atoms with van der Waals surface area (Å²) in [5.74, 6) is 0.0195. The molecule has 0 aromatic heterocycles. The lowest BCUT2D eigenvalue weighted by Gasteiger charge is -2.14. The fourth-order valence-electron chi connectivity index (χ4n) is 1.85. The zero-order valence-corrected chi connectivity index (χ0v) is 11.3. The van der Waals surface area contributed by atoms with Crippen molar-refractivity contribution in [1.29, 1.82) is 0 Å². The Balaban J connectivity index is 2.33. The minimum Gasteiger partial charge on any atom is -0.457 e. The summed E-state index contributed by atoms with van der Waals surface area (Å²) in [7, 11) is 1.54. The Hall–Kier alpha value is -2.21. The Bertz CT molecular complexity index is 627. The van der Waals surface area contributed by atoms with Crippen LogP contribution >= 0.6 is 0 Å². The first-order valence-electron chi connectivity index (χ1n) is 6.12. The number of methoxy groups -OCH3 is 1. The number of rotatable bonds is 4. The SMILES string of the molecule is COCc1cccc(Oc2ccc(N)cc2C(F)(F)F)c1. The molecule has 0 saturated carbocycles. The lowest BCUT2D eigenvalue weighted by molar-refractivity contribution is -0.138. The van der Waals surface area contributed by atoms with Crippen molar-refractivity contribution < 1.29 is 22.6 Å². The van der Waals surface area contributed by atoms with E-state index in [0.717, 1.165) is 11.6 Å². The van der Waals surface area contributed by atoms with E-state index in [4.69, 9.17) is 15.2 Å². The fourth-order valence-corrected chi connectivity index (χ4v) is 1.85. The van der Waals surface area contributed by atoms with E-state index in [1.54, 1.807) is 24.3 Å². The van der Waals surface area contributed by atoms with E-state index in [0.29, 0.717) is 12.4 Å². The van der Waals surface area contributed by atoms with Crippen LogP contribution < -0.4 is 10.5 Å². The second kappa shape index (κ2) is 6.05. The van der Waals surface area contributed by atoms with Crippen molar-refractivity contribution in [2.45, 2.75) is 12.8 Å². The van der Waals surface area contributed by atoms with Gasteiger partial charge < -0.3 is 15.2 Å². The molecule has 6 heteroatoms. The molecule has 2 aromatic rings. The molecule has 3 nitrogen and oxygen atoms in total. The molecule has 0 aliphatic rings. The van der Waals surface area contributed by atoms with Crippen molar-refractivity contribution in [2.24, 2.45) is 0 Å². The van der Waals surface area contributed by atoms with Crippen LogP contribution in [0.15, 0.2) is 42.5 Å². The van der Waals surface area contributed by atoms with Gasteiger partial charge in [-0.25, -0.2) is 0 Å². The van der Waals surface area contributed by atoms with Gasteiger partial charge in [0, 0.05) is 12.8 Å². The van der Waals surface area contributed by atoms with Gasteiger partial charge in [-0.3, -0.25) is 0 Å². The number of alkyl halides is 3. The molecule has 2 rings (SSSR count). The second-order valence-electron chi connectivity index (χ2n) is 4.44. The van der Waals surface area contributed by atoms with Crippen molar-refractivity contribution >= 4 is 5.69 Å². The summed E-state index contributed by atoms with van der Waals surface area (Å²) in [6.45, 7) is 0.352. The van der Waals surface area contributed by atoms with Crippen LogP contribution in [0.4, 0.5) is 18.9 Å². The Morgan fingerprint density at radius 3 is 2.52 bits per heavy atom. The number of hydrogen-bond acceptors (Lipinski definition) is 3. The highest BCUT2D eigenvalue weighted by molar-refractivity contribution is 5.50. The highest BCUT2D eigenvalue weighted by atomic mass is 19.4. The quantitative estimate of drug-likeness (QED) is 0.859. The van der Waals surface area contributed by atoms with Gasteiger partial charge in [0.2, 0.25) is 0 Å². The average Bonchev–Trinajstić information content (AvgIpc) is 2.40. The Kier molecular flexibility index (Phi) is 4.37. The third kappa shape index (κ3) is 3.88. The zero-order valence-electron chi connectivity index (χ0n) is 11.3. The first-order chi connectivity index (χ1) is 9.90. The van der Waals surface area contributed by atoms with Crippen LogP contribution in [0.25, 0.3) is 0 Å². The van der Waals surface area contributed by atoms with E-state index < -0.39 is 11.7 Å². The first-order valence-corrected chi connectivity index (χ1v) is 6.12. The Labute approximate surface area is 120 Å². The highest BCUT2D eigenvalue weighted by Gasteiger charge is 2.34. The third-order valence-corrected chi connectivity index (χ3v) is 2.75. The lowest BCUT2D eigenvalue weighted by atomic mass is 10.1. The maximum Gasteiger partial charge on any atom is 0.420 e. The van der Waals surface area contributed by atoms with Gasteiger partial charge in [-0.15, -0.1) is 0 Å². The van der Waals surface area contributed by atoms with E-state index >= 15 is 0 Å². The van der Waals surface area contributed by atoms with Crippen LogP contribution in [0.5, 0.6) is 11.5 Å². The van der Waals surface area contributed by atoms with Crippen LogP contribution in [0.1, 0.15) is 11.1 Å². The maximum atomic E-state index is 13.0. The third-order valence-electron chi connectivity index (χ3n) is 2.75. The van der Waals surface area contributed by atoms with Gasteiger partial charge in [-0.2, -0.15) is 13.2 Å². The molecule has 0 heterocycles. The molecule has 21 heavy (non-hydrogen) atoms. The Morgan fingerprint density at radius 2 is 1.86 bits per heavy atom. The number of anilines is 1. The van der Waals surface area contributed by atoms with Crippen LogP contribution in [0.3, 0.4) is 0 Å². The molecule has 0 spiro atoms. The van der Waals surface area contributed by atoms with E-state index in [9.17, 15) is 13.2 Å². The molecule has 0 unspecified atom stereocenters. The van der Waals surface area contributed by atoms with E-state index in [-0.39, 0.29) is 11.4 Å². The molecule has 0 bridgehead atoms. The van der Waals surface area contributed by atoms with Gasteiger partial charge in [0.05, 0.1) is 6.61 Å². The number of nitrogen functional groups attached to an aromatic ring is 1. The van der Waals surface area contributed by atoms with Crippen molar-refractivity contribution in [3.63, 3.8) is 0 Å². The summed E-state index contributed by atoms with van der Waals surface area (Å²) >= 11 is 0. The van der Waals surface area contributed by atoms with Gasteiger partial charge in [0.15, 0.2) is 0 Å². The van der Waals surface area contributed by atoms with Gasteiger partial charge in [-0.1, -0.05) is 12.1 Å². The molecule has 0 atom stereocenters. The first kappa shape index (κ1) is 15.2. The number of halogens is 3. The monoisotopic (exact) mass is 297 g/mol. The van der Waals surface area contributed by atoms with Gasteiger partial charge in [0.1, 0.15) is 17.1 Å². The molecule has 2 aromatic carbocycles. The van der Waals surface area contributed by atoms with Gasteiger partial charge >= 0.3 is 6.18 Å². The number of hydrogen-bond donors (Lipinski definition) is 1. The summed E-state index contributed by atoms with van der Waals surface area (Å²) in [5.41, 5.74) is 5.34. The minimum atomic E-state index is -4.53. The topological polar surface area (TPSA) is 44.5 Å². The lowest BCUT2D eigenvalue weighted by Crippen LogP contribution is -2.08. The van der Waals surface area contributed by atoms with Gasteiger partial charge in [-0.05, 0) is 35.9 Å². The molecule has 0 saturated heterocycles. The standard InChI is InChI=1S/C15H14F3NO2/c1-20-9-10-3-2-4-12(7-10)21-14-6-5-11(19)8-13(14)15(16,17)18/h2-8H,9,19H2,1H3. The molecule has 0 aliphatic carbocycles. The number of nitrogens with two attached hydrogens (primary N) is 1. The normalized spacial score (nSPS) is 11.4. The molecule has 112 valence electrons. The second-order valence-corrected chi connectivity index (χ2v) is 4.44. The number of ether oxygens (including phenoxy) is 2. The van der Waals surface area contributed by atoms with Crippen molar-refractivity contribution in [3.8, 4) is 11.5 Å². The minimum absolute atomic E-state index is 0.0304.